The van der Waals surface area contributed by atoms with E-state index in [0.717, 1.165) is 31.4 Å². The molecule has 2 unspecified atom stereocenters. The summed E-state index contributed by atoms with van der Waals surface area (Å²) < 4.78 is 5.95. The number of halogens is 2. The first kappa shape index (κ1) is 19.9. The molecule has 2 rings (SSSR count). The van der Waals surface area contributed by atoms with Gasteiger partial charge in [0.2, 0.25) is 0 Å². The second-order valence-electron chi connectivity index (χ2n) is 7.10. The van der Waals surface area contributed by atoms with Gasteiger partial charge in [0.25, 0.3) is 0 Å². The van der Waals surface area contributed by atoms with Crippen LogP contribution in [0, 0.1) is 17.2 Å². The highest BCUT2D eigenvalue weighted by atomic mass is 79.9. The van der Waals surface area contributed by atoms with Crippen molar-refractivity contribution in [3.63, 3.8) is 0 Å². The highest BCUT2D eigenvalue weighted by Gasteiger charge is 2.33. The van der Waals surface area contributed by atoms with E-state index >= 15 is 0 Å². The number of anilines is 1. The van der Waals surface area contributed by atoms with Crippen molar-refractivity contribution in [3.05, 3.63) is 27.2 Å². The molecule has 1 aliphatic carbocycles. The van der Waals surface area contributed by atoms with Gasteiger partial charge in [0, 0.05) is 10.5 Å². The lowest BCUT2D eigenvalue weighted by Crippen LogP contribution is -2.40. The number of amides is 1. The molecule has 0 aromatic heterocycles. The highest BCUT2D eigenvalue weighted by molar-refractivity contribution is 9.10. The summed E-state index contributed by atoms with van der Waals surface area (Å²) in [6.45, 7) is 3.75. The Bertz CT molecular complexity index is 688. The summed E-state index contributed by atoms with van der Waals surface area (Å²) in [6.07, 6.45) is 4.25. The number of primary amides is 1. The number of hydrogen-bond donors (Lipinski definition) is 2. The average Bonchev–Trinajstić information content (AvgIpc) is 2.51. The summed E-state index contributed by atoms with van der Waals surface area (Å²) in [4.78, 5) is 11.1. The van der Waals surface area contributed by atoms with Crippen molar-refractivity contribution in [3.8, 4) is 6.07 Å². The van der Waals surface area contributed by atoms with Crippen molar-refractivity contribution < 1.29 is 9.53 Å². The third-order valence-corrected chi connectivity index (χ3v) is 5.76. The van der Waals surface area contributed by atoms with Gasteiger partial charge in [-0.25, -0.2) is 4.79 Å². The molecule has 1 saturated carbocycles. The minimum atomic E-state index is -0.753. The van der Waals surface area contributed by atoms with Crippen LogP contribution in [0.1, 0.15) is 51.5 Å². The Morgan fingerprint density at radius 1 is 1.48 bits per heavy atom. The topological polar surface area (TPSA) is 88.1 Å². The maximum atomic E-state index is 11.1. The molecule has 0 bridgehead atoms. The van der Waals surface area contributed by atoms with Crippen molar-refractivity contribution in [2.75, 3.05) is 5.32 Å². The molecule has 3 N–H and O–H groups in total. The van der Waals surface area contributed by atoms with Crippen LogP contribution < -0.4 is 11.1 Å². The summed E-state index contributed by atoms with van der Waals surface area (Å²) in [6, 6.07) is 5.90. The van der Waals surface area contributed by atoms with Crippen LogP contribution in [0.15, 0.2) is 16.6 Å². The van der Waals surface area contributed by atoms with Crippen molar-refractivity contribution in [2.45, 2.75) is 57.6 Å². The molecule has 136 valence electrons. The van der Waals surface area contributed by atoms with Crippen LogP contribution in [0.4, 0.5) is 10.5 Å². The predicted octanol–water partition coefficient (Wildman–Crippen LogP) is 5.21. The number of benzene rings is 1. The van der Waals surface area contributed by atoms with E-state index in [9.17, 15) is 10.1 Å². The van der Waals surface area contributed by atoms with Crippen LogP contribution in [-0.2, 0) is 4.74 Å². The highest BCUT2D eigenvalue weighted by Crippen LogP contribution is 2.36. The number of ether oxygens (including phenoxy) is 1. The summed E-state index contributed by atoms with van der Waals surface area (Å²) in [5.74, 6) is 0.317. The average molecular weight is 429 g/mol. The van der Waals surface area contributed by atoms with Gasteiger partial charge >= 0.3 is 6.09 Å². The molecule has 2 atom stereocenters. The fourth-order valence-corrected chi connectivity index (χ4v) is 4.05. The van der Waals surface area contributed by atoms with Gasteiger partial charge in [0.1, 0.15) is 11.7 Å². The van der Waals surface area contributed by atoms with Gasteiger partial charge < -0.3 is 15.8 Å². The van der Waals surface area contributed by atoms with Gasteiger partial charge in [-0.3, -0.25) is 0 Å². The lowest BCUT2D eigenvalue weighted by atomic mass is 9.78. The molecule has 1 aromatic carbocycles. The first-order chi connectivity index (χ1) is 11.7. The van der Waals surface area contributed by atoms with E-state index in [4.69, 9.17) is 22.1 Å². The fourth-order valence-electron chi connectivity index (χ4n) is 3.55. The first-order valence-electron chi connectivity index (χ1n) is 8.36. The summed E-state index contributed by atoms with van der Waals surface area (Å²) in [7, 11) is 0. The third-order valence-electron chi connectivity index (χ3n) is 4.56. The molecule has 25 heavy (non-hydrogen) atoms. The minimum absolute atomic E-state index is 0.189. The Hall–Kier alpha value is -1.45. The van der Waals surface area contributed by atoms with Crippen molar-refractivity contribution in [1.29, 1.82) is 5.26 Å². The largest absolute Gasteiger partial charge is 0.444 e. The van der Waals surface area contributed by atoms with E-state index in [1.54, 1.807) is 12.1 Å². The molecule has 1 amide bonds. The molecule has 7 heteroatoms. The fraction of sp³-hybridized carbons (Fsp3) is 0.556. The smallest absolute Gasteiger partial charge is 0.405 e. The number of nitriles is 1. The molecule has 5 nitrogen and oxygen atoms in total. The molecule has 0 heterocycles. The van der Waals surface area contributed by atoms with Crippen LogP contribution in [0.3, 0.4) is 0 Å². The zero-order chi connectivity index (χ0) is 18.6. The van der Waals surface area contributed by atoms with Crippen LogP contribution >= 0.6 is 27.5 Å². The Kier molecular flexibility index (Phi) is 6.59. The van der Waals surface area contributed by atoms with Gasteiger partial charge in [0.15, 0.2) is 0 Å². The Morgan fingerprint density at radius 2 is 2.16 bits per heavy atom. The Labute approximate surface area is 162 Å². The zero-order valence-corrected chi connectivity index (χ0v) is 16.8. The molecule has 1 aromatic rings. The summed E-state index contributed by atoms with van der Waals surface area (Å²) in [5.41, 5.74) is 5.84. The molecular formula is C18H23BrClN3O2. The minimum Gasteiger partial charge on any atom is -0.444 e. The zero-order valence-electron chi connectivity index (χ0n) is 14.4. The second-order valence-corrected chi connectivity index (χ2v) is 8.37. The van der Waals surface area contributed by atoms with Gasteiger partial charge in [-0.2, -0.15) is 5.26 Å². The standard InChI is InChI=1S/C18H23BrClN3O2/c1-18(2,25-17(22)24)9-11-5-3-4-6-15(11)23-16-8-14(20)13(19)7-12(16)10-21/h7-8,11,15,23H,3-6,9H2,1-2H3,(H2,22,24). The second kappa shape index (κ2) is 8.29. The third kappa shape index (κ3) is 5.52. The number of rotatable bonds is 5. The van der Waals surface area contributed by atoms with Crippen molar-refractivity contribution in [2.24, 2.45) is 11.7 Å². The molecular weight excluding hydrogens is 406 g/mol. The summed E-state index contributed by atoms with van der Waals surface area (Å²) >= 11 is 9.54. The molecule has 0 spiro atoms. The van der Waals surface area contributed by atoms with Gasteiger partial charge in [0.05, 0.1) is 16.3 Å². The van der Waals surface area contributed by atoms with Crippen molar-refractivity contribution in [1.82, 2.24) is 0 Å². The van der Waals surface area contributed by atoms with Crippen LogP contribution in [0.25, 0.3) is 0 Å². The van der Waals surface area contributed by atoms with E-state index in [-0.39, 0.29) is 6.04 Å². The lowest BCUT2D eigenvalue weighted by Gasteiger charge is -2.37. The number of nitrogens with two attached hydrogens (primary N) is 1. The number of hydrogen-bond acceptors (Lipinski definition) is 4. The Balaban J connectivity index is 2.18. The first-order valence-corrected chi connectivity index (χ1v) is 9.53. The van der Waals surface area contributed by atoms with E-state index in [0.29, 0.717) is 27.4 Å². The SMILES string of the molecule is CC(C)(CC1CCCCC1Nc1cc(Cl)c(Br)cc1C#N)OC(N)=O. The van der Waals surface area contributed by atoms with Gasteiger partial charge in [-0.05, 0) is 67.1 Å². The van der Waals surface area contributed by atoms with Gasteiger partial charge in [-0.15, -0.1) is 0 Å². The maximum absolute atomic E-state index is 11.1. The van der Waals surface area contributed by atoms with Gasteiger partial charge in [-0.1, -0.05) is 24.4 Å². The van der Waals surface area contributed by atoms with E-state index < -0.39 is 11.7 Å². The Morgan fingerprint density at radius 3 is 2.80 bits per heavy atom. The van der Waals surface area contributed by atoms with E-state index in [1.807, 2.05) is 13.8 Å². The number of nitrogens with zero attached hydrogens (tertiary/aromatic N) is 1. The quantitative estimate of drug-likeness (QED) is 0.674. The molecule has 0 aliphatic heterocycles. The number of carbonyl (C=O) groups excluding carboxylic acids is 1. The predicted molar refractivity (Wildman–Crippen MR) is 103 cm³/mol. The van der Waals surface area contributed by atoms with Crippen molar-refractivity contribution >= 4 is 39.3 Å². The summed E-state index contributed by atoms with van der Waals surface area (Å²) in [5, 5.41) is 13.4. The lowest BCUT2D eigenvalue weighted by molar-refractivity contribution is 0.0202. The van der Waals surface area contributed by atoms with E-state index in [2.05, 4.69) is 27.3 Å². The molecule has 1 fully saturated rings. The van der Waals surface area contributed by atoms with Crippen LogP contribution in [0.5, 0.6) is 0 Å². The van der Waals surface area contributed by atoms with Crippen LogP contribution in [-0.4, -0.2) is 17.7 Å². The van der Waals surface area contributed by atoms with Crippen LogP contribution in [0.2, 0.25) is 5.02 Å². The molecule has 0 radical (unpaired) electrons. The maximum Gasteiger partial charge on any atom is 0.405 e. The normalized spacial score (nSPS) is 20.6. The number of carbonyl (C=O) groups is 1. The van der Waals surface area contributed by atoms with E-state index in [1.165, 1.54) is 0 Å². The monoisotopic (exact) mass is 427 g/mol. The molecule has 1 aliphatic rings. The number of nitrogens with one attached hydrogen (secondary N) is 1. The molecule has 0 saturated heterocycles.